The van der Waals surface area contributed by atoms with Crippen LogP contribution in [0, 0.1) is 11.8 Å². The second kappa shape index (κ2) is 3.75. The highest BCUT2D eigenvalue weighted by molar-refractivity contribution is 6.32. The smallest absolute Gasteiger partial charge is 0.318 e. The Morgan fingerprint density at radius 3 is 2.94 bits per heavy atom. The fourth-order valence-corrected chi connectivity index (χ4v) is 2.49. The normalized spacial score (nSPS) is 31.0. The number of hydrogen-bond donors (Lipinski definition) is 2. The molecule has 1 saturated carbocycles. The van der Waals surface area contributed by atoms with Crippen LogP contribution in [-0.2, 0) is 0 Å². The maximum atomic E-state index is 6.02. The number of piperidine rings is 1. The molecule has 2 heterocycles. The molecular formula is C10H13ClN4O. The molecule has 0 radical (unpaired) electrons. The monoisotopic (exact) mass is 240 g/mol. The minimum atomic E-state index is 0.343. The Morgan fingerprint density at radius 1 is 1.50 bits per heavy atom. The zero-order chi connectivity index (χ0) is 11.1. The molecule has 2 unspecified atom stereocenters. The van der Waals surface area contributed by atoms with Crippen molar-refractivity contribution in [1.82, 2.24) is 15.3 Å². The van der Waals surface area contributed by atoms with Gasteiger partial charge in [-0.2, -0.15) is 4.98 Å². The van der Waals surface area contributed by atoms with Gasteiger partial charge < -0.3 is 15.4 Å². The highest BCUT2D eigenvalue weighted by Gasteiger charge is 2.53. The quantitative estimate of drug-likeness (QED) is 0.817. The van der Waals surface area contributed by atoms with Crippen LogP contribution in [0.5, 0.6) is 6.01 Å². The summed E-state index contributed by atoms with van der Waals surface area (Å²) in [5.74, 6) is 2.11. The van der Waals surface area contributed by atoms with Crippen LogP contribution in [0.1, 0.15) is 0 Å². The molecule has 2 aliphatic rings. The topological polar surface area (TPSA) is 59.1 Å². The molecule has 1 aliphatic carbocycles. The zero-order valence-electron chi connectivity index (χ0n) is 8.90. The van der Waals surface area contributed by atoms with E-state index in [9.17, 15) is 0 Å². The number of anilines is 1. The van der Waals surface area contributed by atoms with Gasteiger partial charge in [0.15, 0.2) is 5.82 Å². The number of nitrogens with one attached hydrogen (secondary N) is 2. The molecule has 2 atom stereocenters. The zero-order valence-corrected chi connectivity index (χ0v) is 9.66. The largest absolute Gasteiger partial charge is 0.467 e. The fraction of sp³-hybridized carbons (Fsp3) is 0.600. The summed E-state index contributed by atoms with van der Waals surface area (Å²) in [4.78, 5) is 8.14. The van der Waals surface area contributed by atoms with Crippen molar-refractivity contribution in [3.05, 3.63) is 11.2 Å². The van der Waals surface area contributed by atoms with Crippen molar-refractivity contribution in [2.75, 3.05) is 25.5 Å². The first-order chi connectivity index (χ1) is 7.79. The van der Waals surface area contributed by atoms with Gasteiger partial charge in [0.2, 0.25) is 0 Å². The summed E-state index contributed by atoms with van der Waals surface area (Å²) in [6.45, 7) is 2.17. The van der Waals surface area contributed by atoms with E-state index in [4.69, 9.17) is 16.3 Å². The van der Waals surface area contributed by atoms with E-state index < -0.39 is 0 Å². The van der Waals surface area contributed by atoms with Crippen LogP contribution in [-0.4, -0.2) is 36.2 Å². The molecule has 0 bridgehead atoms. The minimum Gasteiger partial charge on any atom is -0.467 e. The van der Waals surface area contributed by atoms with Crippen LogP contribution in [0.4, 0.5) is 5.82 Å². The number of nitrogens with zero attached hydrogens (tertiary/aromatic N) is 2. The van der Waals surface area contributed by atoms with Gasteiger partial charge in [-0.05, 0) is 11.8 Å². The number of methoxy groups -OCH3 is 1. The Kier molecular flexibility index (Phi) is 2.37. The third kappa shape index (κ3) is 1.60. The summed E-state index contributed by atoms with van der Waals surface area (Å²) < 4.78 is 4.97. The molecule has 1 aliphatic heterocycles. The first-order valence-electron chi connectivity index (χ1n) is 5.33. The van der Waals surface area contributed by atoms with E-state index in [1.807, 2.05) is 0 Å². The van der Waals surface area contributed by atoms with Crippen LogP contribution in [0.3, 0.4) is 0 Å². The number of hydrogen-bond acceptors (Lipinski definition) is 5. The lowest BCUT2D eigenvalue weighted by Gasteiger charge is -2.10. The molecule has 6 heteroatoms. The van der Waals surface area contributed by atoms with Gasteiger partial charge in [-0.1, -0.05) is 11.6 Å². The number of halogens is 1. The highest BCUT2D eigenvalue weighted by Crippen LogP contribution is 2.44. The van der Waals surface area contributed by atoms with Gasteiger partial charge in [-0.3, -0.25) is 0 Å². The van der Waals surface area contributed by atoms with Crippen molar-refractivity contribution >= 4 is 17.4 Å². The molecule has 0 amide bonds. The minimum absolute atomic E-state index is 0.343. The molecule has 3 rings (SSSR count). The number of ether oxygens (including phenoxy) is 1. The molecule has 2 N–H and O–H groups in total. The average Bonchev–Trinajstić information content (AvgIpc) is 2.76. The second-order valence-electron chi connectivity index (χ2n) is 4.21. The van der Waals surface area contributed by atoms with E-state index in [0.717, 1.165) is 24.9 Å². The summed E-state index contributed by atoms with van der Waals surface area (Å²) in [5, 5.41) is 7.24. The Morgan fingerprint density at radius 2 is 2.25 bits per heavy atom. The summed E-state index contributed by atoms with van der Waals surface area (Å²) in [6, 6.07) is 0.842. The van der Waals surface area contributed by atoms with Crippen molar-refractivity contribution in [3.8, 4) is 6.01 Å². The molecule has 5 nitrogen and oxygen atoms in total. The van der Waals surface area contributed by atoms with Crippen LogP contribution >= 0.6 is 11.6 Å². The number of aromatic nitrogens is 2. The second-order valence-corrected chi connectivity index (χ2v) is 4.62. The number of rotatable bonds is 3. The first-order valence-corrected chi connectivity index (χ1v) is 5.71. The summed E-state index contributed by atoms with van der Waals surface area (Å²) in [7, 11) is 1.54. The Hall–Kier alpha value is -1.07. The van der Waals surface area contributed by atoms with E-state index in [-0.39, 0.29) is 0 Å². The van der Waals surface area contributed by atoms with Gasteiger partial charge in [-0.25, -0.2) is 4.98 Å². The molecule has 0 aromatic carbocycles. The first kappa shape index (κ1) is 10.1. The predicted octanol–water partition coefficient (Wildman–Crippen LogP) is 0.768. The lowest BCUT2D eigenvalue weighted by atomic mass is 10.4. The van der Waals surface area contributed by atoms with Crippen molar-refractivity contribution in [1.29, 1.82) is 0 Å². The summed E-state index contributed by atoms with van der Waals surface area (Å²) >= 11 is 6.02. The van der Waals surface area contributed by atoms with E-state index in [2.05, 4.69) is 20.6 Å². The van der Waals surface area contributed by atoms with Crippen LogP contribution in [0.25, 0.3) is 0 Å². The van der Waals surface area contributed by atoms with E-state index in [0.29, 0.717) is 22.9 Å². The molecule has 0 spiro atoms. The van der Waals surface area contributed by atoms with Crippen LogP contribution in [0.2, 0.25) is 5.02 Å². The van der Waals surface area contributed by atoms with E-state index in [1.165, 1.54) is 0 Å². The Labute approximate surface area is 98.6 Å². The molecule has 16 heavy (non-hydrogen) atoms. The maximum Gasteiger partial charge on any atom is 0.318 e. The van der Waals surface area contributed by atoms with Gasteiger partial charge in [0.25, 0.3) is 0 Å². The fourth-order valence-electron chi connectivity index (χ4n) is 2.34. The van der Waals surface area contributed by atoms with Crippen molar-refractivity contribution in [3.63, 3.8) is 0 Å². The Bertz CT molecular complexity index is 404. The van der Waals surface area contributed by atoms with Crippen molar-refractivity contribution in [2.24, 2.45) is 11.8 Å². The summed E-state index contributed by atoms with van der Waals surface area (Å²) in [5.41, 5.74) is 0. The van der Waals surface area contributed by atoms with Gasteiger partial charge >= 0.3 is 6.01 Å². The maximum absolute atomic E-state index is 6.02. The SMILES string of the molecule is COc1ncc(Cl)c(NC2C3CNCC32)n1. The van der Waals surface area contributed by atoms with E-state index >= 15 is 0 Å². The predicted molar refractivity (Wildman–Crippen MR) is 60.9 cm³/mol. The van der Waals surface area contributed by atoms with Gasteiger partial charge in [-0.15, -0.1) is 0 Å². The average molecular weight is 241 g/mol. The highest BCUT2D eigenvalue weighted by atomic mass is 35.5. The molecular weight excluding hydrogens is 228 g/mol. The third-order valence-corrected chi connectivity index (χ3v) is 3.58. The lowest BCUT2D eigenvalue weighted by molar-refractivity contribution is 0.380. The van der Waals surface area contributed by atoms with E-state index in [1.54, 1.807) is 13.3 Å². The molecule has 1 aromatic heterocycles. The molecule has 2 fully saturated rings. The third-order valence-electron chi connectivity index (χ3n) is 3.30. The van der Waals surface area contributed by atoms with Crippen LogP contribution in [0.15, 0.2) is 6.20 Å². The van der Waals surface area contributed by atoms with Gasteiger partial charge in [0.1, 0.15) is 5.02 Å². The van der Waals surface area contributed by atoms with Gasteiger partial charge in [0, 0.05) is 19.1 Å². The Balaban J connectivity index is 1.74. The summed E-state index contributed by atoms with van der Waals surface area (Å²) in [6.07, 6.45) is 1.56. The van der Waals surface area contributed by atoms with Crippen molar-refractivity contribution < 1.29 is 4.74 Å². The standard InChI is InChI=1S/C10H13ClN4O/c1-16-10-13-4-7(11)9(15-10)14-8-5-2-12-3-6(5)8/h4-6,8,12H,2-3H2,1H3,(H,13,14,15). The lowest BCUT2D eigenvalue weighted by Crippen LogP contribution is -2.22. The number of fused-ring (bicyclic) bond motifs is 1. The van der Waals surface area contributed by atoms with Crippen LogP contribution < -0.4 is 15.4 Å². The van der Waals surface area contributed by atoms with Crippen molar-refractivity contribution in [2.45, 2.75) is 6.04 Å². The molecule has 86 valence electrons. The molecule has 1 saturated heterocycles. The molecule has 1 aromatic rings. The van der Waals surface area contributed by atoms with Gasteiger partial charge in [0.05, 0.1) is 13.3 Å².